The number of nitrogens with zero attached hydrogens (tertiary/aromatic N) is 2. The standard InChI is InChI=1S/C14H11FN2O2/c1-9(13(18)10-3-2-6-16-7-10)14(19)12-5-4-11(15)8-17-12/h2-9H,1H3. The van der Waals surface area contributed by atoms with Crippen LogP contribution in [0.5, 0.6) is 0 Å². The van der Waals surface area contributed by atoms with Crippen molar-refractivity contribution in [1.29, 1.82) is 0 Å². The van der Waals surface area contributed by atoms with Crippen LogP contribution in [0.25, 0.3) is 0 Å². The maximum Gasteiger partial charge on any atom is 0.191 e. The second kappa shape index (κ2) is 5.48. The Morgan fingerprint density at radius 2 is 1.95 bits per heavy atom. The van der Waals surface area contributed by atoms with Crippen molar-refractivity contribution in [3.63, 3.8) is 0 Å². The molecule has 2 aromatic heterocycles. The van der Waals surface area contributed by atoms with Crippen molar-refractivity contribution in [3.8, 4) is 0 Å². The molecule has 0 amide bonds. The van der Waals surface area contributed by atoms with Crippen LogP contribution in [0.4, 0.5) is 4.39 Å². The van der Waals surface area contributed by atoms with E-state index in [4.69, 9.17) is 0 Å². The summed E-state index contributed by atoms with van der Waals surface area (Å²) in [6.45, 7) is 1.50. The van der Waals surface area contributed by atoms with E-state index in [2.05, 4.69) is 9.97 Å². The Morgan fingerprint density at radius 1 is 1.16 bits per heavy atom. The third-order valence-corrected chi connectivity index (χ3v) is 2.71. The minimum atomic E-state index is -0.873. The largest absolute Gasteiger partial charge is 0.293 e. The Labute approximate surface area is 109 Å². The highest BCUT2D eigenvalue weighted by Crippen LogP contribution is 2.13. The smallest absolute Gasteiger partial charge is 0.191 e. The lowest BCUT2D eigenvalue weighted by Gasteiger charge is -2.08. The van der Waals surface area contributed by atoms with Gasteiger partial charge < -0.3 is 0 Å². The van der Waals surface area contributed by atoms with Gasteiger partial charge in [-0.15, -0.1) is 0 Å². The molecule has 2 rings (SSSR count). The SMILES string of the molecule is CC(C(=O)c1cccnc1)C(=O)c1ccc(F)cn1. The fourth-order valence-electron chi connectivity index (χ4n) is 1.62. The minimum Gasteiger partial charge on any atom is -0.293 e. The number of carbonyl (C=O) groups is 2. The van der Waals surface area contributed by atoms with E-state index in [-0.39, 0.29) is 11.5 Å². The van der Waals surface area contributed by atoms with Crippen LogP contribution in [-0.2, 0) is 0 Å². The quantitative estimate of drug-likeness (QED) is 0.623. The first kappa shape index (κ1) is 13.0. The van der Waals surface area contributed by atoms with Gasteiger partial charge in [0.15, 0.2) is 11.6 Å². The Kier molecular flexibility index (Phi) is 3.75. The van der Waals surface area contributed by atoms with Gasteiger partial charge in [0.2, 0.25) is 0 Å². The van der Waals surface area contributed by atoms with Crippen molar-refractivity contribution in [1.82, 2.24) is 9.97 Å². The molecule has 0 aliphatic rings. The van der Waals surface area contributed by atoms with Crippen LogP contribution in [-0.4, -0.2) is 21.5 Å². The number of aromatic nitrogens is 2. The topological polar surface area (TPSA) is 59.9 Å². The van der Waals surface area contributed by atoms with Crippen LogP contribution in [0.2, 0.25) is 0 Å². The zero-order valence-corrected chi connectivity index (χ0v) is 10.2. The van der Waals surface area contributed by atoms with Gasteiger partial charge in [-0.3, -0.25) is 19.6 Å². The van der Waals surface area contributed by atoms with Gasteiger partial charge in [-0.25, -0.2) is 4.39 Å². The summed E-state index contributed by atoms with van der Waals surface area (Å²) < 4.78 is 12.7. The Balaban J connectivity index is 2.20. The molecule has 0 aliphatic carbocycles. The minimum absolute atomic E-state index is 0.0751. The average molecular weight is 258 g/mol. The van der Waals surface area contributed by atoms with Gasteiger partial charge >= 0.3 is 0 Å². The highest BCUT2D eigenvalue weighted by Gasteiger charge is 2.24. The number of halogens is 1. The Bertz CT molecular complexity index is 597. The van der Waals surface area contributed by atoms with Crippen LogP contribution in [0, 0.1) is 11.7 Å². The van der Waals surface area contributed by atoms with E-state index >= 15 is 0 Å². The molecular formula is C14H11FN2O2. The van der Waals surface area contributed by atoms with Crippen molar-refractivity contribution >= 4 is 11.6 Å². The van der Waals surface area contributed by atoms with Crippen molar-refractivity contribution in [3.05, 3.63) is 59.9 Å². The first-order valence-corrected chi connectivity index (χ1v) is 5.69. The maximum absolute atomic E-state index is 12.7. The molecule has 0 N–H and O–H groups in total. The molecule has 4 nitrogen and oxygen atoms in total. The molecule has 1 atom stereocenters. The molecular weight excluding hydrogens is 247 g/mol. The first-order valence-electron chi connectivity index (χ1n) is 5.69. The summed E-state index contributed by atoms with van der Waals surface area (Å²) in [5.74, 6) is -2.16. The van der Waals surface area contributed by atoms with Gasteiger partial charge in [0.05, 0.1) is 12.1 Å². The van der Waals surface area contributed by atoms with Gasteiger partial charge in [0.1, 0.15) is 11.5 Å². The summed E-state index contributed by atoms with van der Waals surface area (Å²) in [6, 6.07) is 5.63. The molecule has 0 fully saturated rings. The summed E-state index contributed by atoms with van der Waals surface area (Å²) in [5.41, 5.74) is 0.441. The molecule has 0 saturated carbocycles. The number of pyridine rings is 2. The zero-order valence-electron chi connectivity index (χ0n) is 10.2. The van der Waals surface area contributed by atoms with E-state index in [1.165, 1.54) is 19.2 Å². The van der Waals surface area contributed by atoms with E-state index in [0.717, 1.165) is 12.3 Å². The third kappa shape index (κ3) is 2.88. The number of rotatable bonds is 4. The zero-order chi connectivity index (χ0) is 13.8. The Hall–Kier alpha value is -2.43. The lowest BCUT2D eigenvalue weighted by Crippen LogP contribution is -2.22. The highest BCUT2D eigenvalue weighted by molar-refractivity contribution is 6.15. The number of Topliss-reactive ketones (excluding diaryl/α,β-unsaturated/α-hetero) is 2. The maximum atomic E-state index is 12.7. The van der Waals surface area contributed by atoms with Gasteiger partial charge in [-0.1, -0.05) is 0 Å². The van der Waals surface area contributed by atoms with Crippen LogP contribution < -0.4 is 0 Å². The van der Waals surface area contributed by atoms with Gasteiger partial charge in [0, 0.05) is 18.0 Å². The number of hydrogen-bond acceptors (Lipinski definition) is 4. The van der Waals surface area contributed by atoms with E-state index < -0.39 is 17.5 Å². The predicted octanol–water partition coefficient (Wildman–Crippen LogP) is 2.32. The van der Waals surface area contributed by atoms with Crippen LogP contribution in [0.3, 0.4) is 0 Å². The molecule has 0 radical (unpaired) electrons. The van der Waals surface area contributed by atoms with Crippen LogP contribution >= 0.6 is 0 Å². The summed E-state index contributed by atoms with van der Waals surface area (Å²) in [7, 11) is 0. The summed E-state index contributed by atoms with van der Waals surface area (Å²) in [6.07, 6.45) is 3.91. The van der Waals surface area contributed by atoms with Gasteiger partial charge in [0.25, 0.3) is 0 Å². The third-order valence-electron chi connectivity index (χ3n) is 2.71. The molecule has 2 heterocycles. The van der Waals surface area contributed by atoms with Crippen LogP contribution in [0.1, 0.15) is 27.8 Å². The average Bonchev–Trinajstić information content (AvgIpc) is 2.46. The predicted molar refractivity (Wildman–Crippen MR) is 66.3 cm³/mol. The lowest BCUT2D eigenvalue weighted by atomic mass is 9.94. The number of hydrogen-bond donors (Lipinski definition) is 0. The summed E-state index contributed by atoms with van der Waals surface area (Å²) in [5, 5.41) is 0. The van der Waals surface area contributed by atoms with Crippen molar-refractivity contribution < 1.29 is 14.0 Å². The lowest BCUT2D eigenvalue weighted by molar-refractivity contribution is 0.0817. The van der Waals surface area contributed by atoms with E-state index in [1.54, 1.807) is 18.3 Å². The highest BCUT2D eigenvalue weighted by atomic mass is 19.1. The van der Waals surface area contributed by atoms with Gasteiger partial charge in [-0.05, 0) is 31.2 Å². The molecule has 0 aliphatic heterocycles. The fourth-order valence-corrected chi connectivity index (χ4v) is 1.62. The van der Waals surface area contributed by atoms with Crippen LogP contribution in [0.15, 0.2) is 42.9 Å². The molecule has 1 unspecified atom stereocenters. The fraction of sp³-hybridized carbons (Fsp3) is 0.143. The summed E-state index contributed by atoms with van der Waals surface area (Å²) >= 11 is 0. The molecule has 0 spiro atoms. The van der Waals surface area contributed by atoms with E-state index in [9.17, 15) is 14.0 Å². The van der Waals surface area contributed by atoms with Crippen molar-refractivity contribution in [2.75, 3.05) is 0 Å². The summed E-state index contributed by atoms with van der Waals surface area (Å²) in [4.78, 5) is 31.6. The second-order valence-electron chi connectivity index (χ2n) is 4.05. The van der Waals surface area contributed by atoms with Crippen molar-refractivity contribution in [2.24, 2.45) is 5.92 Å². The normalized spacial score (nSPS) is 11.9. The number of ketones is 2. The molecule has 0 bridgehead atoms. The van der Waals surface area contributed by atoms with E-state index in [1.807, 2.05) is 0 Å². The second-order valence-corrected chi connectivity index (χ2v) is 4.05. The molecule has 2 aromatic rings. The molecule has 96 valence electrons. The van der Waals surface area contributed by atoms with E-state index in [0.29, 0.717) is 5.56 Å². The first-order chi connectivity index (χ1) is 9.09. The van der Waals surface area contributed by atoms with Gasteiger partial charge in [-0.2, -0.15) is 0 Å². The Morgan fingerprint density at radius 3 is 2.53 bits per heavy atom. The molecule has 0 aromatic carbocycles. The monoisotopic (exact) mass is 258 g/mol. The number of carbonyl (C=O) groups excluding carboxylic acids is 2. The van der Waals surface area contributed by atoms with Crippen molar-refractivity contribution in [2.45, 2.75) is 6.92 Å². The molecule has 5 heteroatoms. The molecule has 0 saturated heterocycles. The molecule has 19 heavy (non-hydrogen) atoms.